The highest BCUT2D eigenvalue weighted by molar-refractivity contribution is 7.98. The Morgan fingerprint density at radius 3 is 2.27 bits per heavy atom. The minimum Gasteiger partial charge on any atom is -0.165 e. The molecule has 0 bridgehead atoms. The summed E-state index contributed by atoms with van der Waals surface area (Å²) < 4.78 is 0. The molecule has 90 valence electrons. The third kappa shape index (κ3) is 3.41. The Hall–Kier alpha value is 0.350. The molecule has 0 spiro atoms. The van der Waals surface area contributed by atoms with E-state index in [1.807, 2.05) is 11.8 Å². The predicted octanol–water partition coefficient (Wildman–Crippen LogP) is 5.13. The molecular formula is C14H28S. The molecule has 1 aliphatic rings. The molecule has 0 aromatic carbocycles. The van der Waals surface area contributed by atoms with Crippen LogP contribution in [0.5, 0.6) is 0 Å². The molecule has 1 fully saturated rings. The van der Waals surface area contributed by atoms with Gasteiger partial charge in [0, 0.05) is 0 Å². The average molecular weight is 228 g/mol. The first kappa shape index (κ1) is 13.4. The van der Waals surface area contributed by atoms with Crippen molar-refractivity contribution >= 4 is 11.8 Å². The molecule has 0 unspecified atom stereocenters. The first-order valence-electron chi connectivity index (χ1n) is 6.51. The van der Waals surface area contributed by atoms with Gasteiger partial charge in [-0.1, -0.05) is 40.0 Å². The maximum Gasteiger partial charge on any atom is -0.00703 e. The van der Waals surface area contributed by atoms with Crippen molar-refractivity contribution in [2.24, 2.45) is 10.8 Å². The fourth-order valence-corrected chi connectivity index (χ4v) is 3.44. The van der Waals surface area contributed by atoms with E-state index in [9.17, 15) is 0 Å². The standard InChI is InChI=1S/C14H28S/c1-13(2,9-7-8-12-15-4)14(3)10-5-6-11-14/h5-12H2,1-4H3. The van der Waals surface area contributed by atoms with Crippen LogP contribution in [0.1, 0.15) is 65.7 Å². The molecule has 0 nitrogen and oxygen atoms in total. The molecule has 0 N–H and O–H groups in total. The lowest BCUT2D eigenvalue weighted by atomic mass is 9.63. The second-order valence-corrected chi connectivity index (χ2v) is 7.09. The minimum absolute atomic E-state index is 0.557. The van der Waals surface area contributed by atoms with Crippen molar-refractivity contribution in [3.63, 3.8) is 0 Å². The molecule has 0 radical (unpaired) electrons. The van der Waals surface area contributed by atoms with E-state index in [0.717, 1.165) is 0 Å². The number of hydrogen-bond acceptors (Lipinski definition) is 1. The van der Waals surface area contributed by atoms with Crippen molar-refractivity contribution in [2.45, 2.75) is 65.7 Å². The zero-order chi connectivity index (χ0) is 11.4. The first-order valence-corrected chi connectivity index (χ1v) is 7.90. The third-order valence-electron chi connectivity index (χ3n) is 4.74. The Morgan fingerprint density at radius 2 is 1.73 bits per heavy atom. The van der Waals surface area contributed by atoms with Gasteiger partial charge in [-0.05, 0) is 48.5 Å². The van der Waals surface area contributed by atoms with Crippen molar-refractivity contribution in [1.82, 2.24) is 0 Å². The second-order valence-electron chi connectivity index (χ2n) is 6.10. The summed E-state index contributed by atoms with van der Waals surface area (Å²) >= 11 is 1.98. The summed E-state index contributed by atoms with van der Waals surface area (Å²) in [5.74, 6) is 1.34. The van der Waals surface area contributed by atoms with E-state index in [4.69, 9.17) is 0 Å². The van der Waals surface area contributed by atoms with Gasteiger partial charge in [-0.15, -0.1) is 0 Å². The van der Waals surface area contributed by atoms with Crippen LogP contribution in [-0.4, -0.2) is 12.0 Å². The molecule has 0 heterocycles. The van der Waals surface area contributed by atoms with E-state index in [2.05, 4.69) is 27.0 Å². The molecule has 1 rings (SSSR count). The van der Waals surface area contributed by atoms with E-state index in [0.29, 0.717) is 10.8 Å². The molecule has 0 aromatic rings. The molecule has 1 saturated carbocycles. The molecule has 0 aliphatic heterocycles. The Kier molecular flexibility index (Phi) is 5.02. The Morgan fingerprint density at radius 1 is 1.13 bits per heavy atom. The van der Waals surface area contributed by atoms with Crippen molar-refractivity contribution < 1.29 is 0 Å². The molecule has 1 aliphatic carbocycles. The maximum atomic E-state index is 2.52. The van der Waals surface area contributed by atoms with E-state index in [1.165, 1.54) is 50.7 Å². The zero-order valence-electron chi connectivity index (χ0n) is 11.1. The molecular weight excluding hydrogens is 200 g/mol. The van der Waals surface area contributed by atoms with Gasteiger partial charge in [-0.25, -0.2) is 0 Å². The molecule has 0 atom stereocenters. The highest BCUT2D eigenvalue weighted by Crippen LogP contribution is 2.53. The Bertz CT molecular complexity index is 178. The van der Waals surface area contributed by atoms with Crippen LogP contribution in [0, 0.1) is 10.8 Å². The van der Waals surface area contributed by atoms with Gasteiger partial charge in [0.25, 0.3) is 0 Å². The summed E-state index contributed by atoms with van der Waals surface area (Å²) in [7, 11) is 0. The lowest BCUT2D eigenvalue weighted by Crippen LogP contribution is -2.32. The highest BCUT2D eigenvalue weighted by Gasteiger charge is 2.41. The highest BCUT2D eigenvalue weighted by atomic mass is 32.2. The van der Waals surface area contributed by atoms with Gasteiger partial charge in [-0.3, -0.25) is 0 Å². The van der Waals surface area contributed by atoms with Crippen LogP contribution in [0.4, 0.5) is 0 Å². The van der Waals surface area contributed by atoms with Crippen LogP contribution in [0.2, 0.25) is 0 Å². The second kappa shape index (κ2) is 5.61. The van der Waals surface area contributed by atoms with Gasteiger partial charge in [0.2, 0.25) is 0 Å². The van der Waals surface area contributed by atoms with Crippen LogP contribution in [0.15, 0.2) is 0 Å². The monoisotopic (exact) mass is 228 g/mol. The van der Waals surface area contributed by atoms with Crippen LogP contribution in [0.25, 0.3) is 0 Å². The molecule has 15 heavy (non-hydrogen) atoms. The van der Waals surface area contributed by atoms with Crippen LogP contribution < -0.4 is 0 Å². The zero-order valence-corrected chi connectivity index (χ0v) is 11.9. The van der Waals surface area contributed by atoms with Crippen LogP contribution in [-0.2, 0) is 0 Å². The molecule has 0 saturated heterocycles. The van der Waals surface area contributed by atoms with Crippen molar-refractivity contribution in [3.8, 4) is 0 Å². The maximum absolute atomic E-state index is 2.52. The van der Waals surface area contributed by atoms with Gasteiger partial charge in [0.1, 0.15) is 0 Å². The SMILES string of the molecule is CSCCCCC(C)(C)C1(C)CCCC1. The molecule has 0 aromatic heterocycles. The summed E-state index contributed by atoms with van der Waals surface area (Å²) in [4.78, 5) is 0. The smallest absolute Gasteiger partial charge is 0.00703 e. The van der Waals surface area contributed by atoms with Gasteiger partial charge >= 0.3 is 0 Å². The molecule has 0 amide bonds. The lowest BCUT2D eigenvalue weighted by molar-refractivity contribution is 0.0827. The van der Waals surface area contributed by atoms with E-state index < -0.39 is 0 Å². The Labute approximate surface area is 101 Å². The van der Waals surface area contributed by atoms with Crippen molar-refractivity contribution in [2.75, 3.05) is 12.0 Å². The van der Waals surface area contributed by atoms with Crippen molar-refractivity contribution in [1.29, 1.82) is 0 Å². The fourth-order valence-electron chi connectivity index (χ4n) is 2.95. The summed E-state index contributed by atoms with van der Waals surface area (Å²) in [5, 5.41) is 0. The summed E-state index contributed by atoms with van der Waals surface area (Å²) in [6, 6.07) is 0. The van der Waals surface area contributed by atoms with Gasteiger partial charge in [-0.2, -0.15) is 11.8 Å². The Balaban J connectivity index is 2.36. The van der Waals surface area contributed by atoms with E-state index >= 15 is 0 Å². The number of unbranched alkanes of at least 4 members (excludes halogenated alkanes) is 1. The quantitative estimate of drug-likeness (QED) is 0.568. The van der Waals surface area contributed by atoms with Crippen LogP contribution >= 0.6 is 11.8 Å². The first-order chi connectivity index (χ1) is 7.02. The van der Waals surface area contributed by atoms with Crippen molar-refractivity contribution in [3.05, 3.63) is 0 Å². The van der Waals surface area contributed by atoms with Gasteiger partial charge in [0.15, 0.2) is 0 Å². The van der Waals surface area contributed by atoms with E-state index in [1.54, 1.807) is 0 Å². The normalized spacial score (nSPS) is 20.8. The largest absolute Gasteiger partial charge is 0.165 e. The molecule has 1 heteroatoms. The third-order valence-corrected chi connectivity index (χ3v) is 5.44. The van der Waals surface area contributed by atoms with Gasteiger partial charge in [0.05, 0.1) is 0 Å². The minimum atomic E-state index is 0.557. The average Bonchev–Trinajstić information content (AvgIpc) is 2.62. The summed E-state index contributed by atoms with van der Waals surface area (Å²) in [5.41, 5.74) is 1.19. The number of hydrogen-bond donors (Lipinski definition) is 0. The summed E-state index contributed by atoms with van der Waals surface area (Å²) in [6.07, 6.45) is 12.3. The number of thioether (sulfide) groups is 1. The van der Waals surface area contributed by atoms with Crippen LogP contribution in [0.3, 0.4) is 0 Å². The lowest BCUT2D eigenvalue weighted by Gasteiger charge is -2.42. The van der Waals surface area contributed by atoms with E-state index in [-0.39, 0.29) is 0 Å². The topological polar surface area (TPSA) is 0 Å². The number of rotatable bonds is 6. The summed E-state index contributed by atoms with van der Waals surface area (Å²) in [6.45, 7) is 7.52. The van der Waals surface area contributed by atoms with Gasteiger partial charge < -0.3 is 0 Å². The fraction of sp³-hybridized carbons (Fsp3) is 1.00. The predicted molar refractivity (Wildman–Crippen MR) is 72.6 cm³/mol.